The van der Waals surface area contributed by atoms with Crippen LogP contribution in [0.15, 0.2) is 36.6 Å². The van der Waals surface area contributed by atoms with Gasteiger partial charge < -0.3 is 10.1 Å². The van der Waals surface area contributed by atoms with E-state index in [1.54, 1.807) is 0 Å². The molecule has 0 fully saturated rings. The Kier molecular flexibility index (Phi) is 4.21. The van der Waals surface area contributed by atoms with Gasteiger partial charge in [0.2, 0.25) is 0 Å². The lowest BCUT2D eigenvalue weighted by molar-refractivity contribution is 0.120. The van der Waals surface area contributed by atoms with Gasteiger partial charge in [0.1, 0.15) is 6.10 Å². The Balaban J connectivity index is 1.84. The maximum atomic E-state index is 5.54. The summed E-state index contributed by atoms with van der Waals surface area (Å²) >= 11 is 0. The standard InChI is InChI=1S/C15H21NO/c1-12-6-5-7-14(10-12)13(2)16-11-15-8-3-4-9-17-15/h4-7,9-10,13,15-16H,3,8,11H2,1-2H3/t13-,15?/m0/s1. The lowest BCUT2D eigenvalue weighted by Gasteiger charge is -2.22. The summed E-state index contributed by atoms with van der Waals surface area (Å²) in [5, 5.41) is 3.54. The zero-order valence-electron chi connectivity index (χ0n) is 10.6. The highest BCUT2D eigenvalue weighted by atomic mass is 16.5. The van der Waals surface area contributed by atoms with E-state index in [9.17, 15) is 0 Å². The van der Waals surface area contributed by atoms with Crippen LogP contribution in [0.25, 0.3) is 0 Å². The Morgan fingerprint density at radius 1 is 1.47 bits per heavy atom. The van der Waals surface area contributed by atoms with Gasteiger partial charge in [-0.05, 0) is 38.3 Å². The van der Waals surface area contributed by atoms with Crippen molar-refractivity contribution in [1.82, 2.24) is 5.32 Å². The fraction of sp³-hybridized carbons (Fsp3) is 0.467. The minimum atomic E-state index is 0.326. The van der Waals surface area contributed by atoms with Crippen LogP contribution in [0.5, 0.6) is 0 Å². The molecule has 17 heavy (non-hydrogen) atoms. The first kappa shape index (κ1) is 12.2. The summed E-state index contributed by atoms with van der Waals surface area (Å²) in [6.45, 7) is 5.25. The third kappa shape index (κ3) is 3.60. The Morgan fingerprint density at radius 2 is 2.35 bits per heavy atom. The van der Waals surface area contributed by atoms with Gasteiger partial charge in [0.15, 0.2) is 0 Å². The van der Waals surface area contributed by atoms with Gasteiger partial charge in [0.05, 0.1) is 6.26 Å². The number of rotatable bonds is 4. The molecular formula is C15H21NO. The van der Waals surface area contributed by atoms with Gasteiger partial charge in [-0.15, -0.1) is 0 Å². The van der Waals surface area contributed by atoms with E-state index < -0.39 is 0 Å². The Bertz CT molecular complexity index is 386. The van der Waals surface area contributed by atoms with Crippen LogP contribution >= 0.6 is 0 Å². The highest BCUT2D eigenvalue weighted by Crippen LogP contribution is 2.15. The minimum absolute atomic E-state index is 0.326. The van der Waals surface area contributed by atoms with Crippen LogP contribution in [0.2, 0.25) is 0 Å². The van der Waals surface area contributed by atoms with Crippen molar-refractivity contribution in [2.45, 2.75) is 38.8 Å². The summed E-state index contributed by atoms with van der Waals surface area (Å²) in [5.74, 6) is 0. The molecule has 0 spiro atoms. The first-order valence-corrected chi connectivity index (χ1v) is 6.36. The van der Waals surface area contributed by atoms with Crippen molar-refractivity contribution in [3.8, 4) is 0 Å². The third-order valence-electron chi connectivity index (χ3n) is 3.22. The fourth-order valence-corrected chi connectivity index (χ4v) is 2.10. The summed E-state index contributed by atoms with van der Waals surface area (Å²) in [6, 6.07) is 9.03. The number of hydrogen-bond acceptors (Lipinski definition) is 2. The van der Waals surface area contributed by atoms with Crippen molar-refractivity contribution < 1.29 is 4.74 Å². The van der Waals surface area contributed by atoms with E-state index in [0.717, 1.165) is 19.4 Å². The quantitative estimate of drug-likeness (QED) is 0.858. The van der Waals surface area contributed by atoms with Crippen LogP contribution in [0.1, 0.15) is 36.9 Å². The van der Waals surface area contributed by atoms with E-state index in [4.69, 9.17) is 4.74 Å². The molecule has 1 aliphatic heterocycles. The number of nitrogens with one attached hydrogen (secondary N) is 1. The van der Waals surface area contributed by atoms with Crippen molar-refractivity contribution in [1.29, 1.82) is 0 Å². The number of benzene rings is 1. The average Bonchev–Trinajstić information content (AvgIpc) is 2.37. The van der Waals surface area contributed by atoms with E-state index in [-0.39, 0.29) is 0 Å². The average molecular weight is 231 g/mol. The molecule has 2 heteroatoms. The van der Waals surface area contributed by atoms with Crippen molar-refractivity contribution in [3.63, 3.8) is 0 Å². The Hall–Kier alpha value is -1.28. The minimum Gasteiger partial charge on any atom is -0.497 e. The van der Waals surface area contributed by atoms with Crippen LogP contribution in [0, 0.1) is 6.92 Å². The summed E-state index contributed by atoms with van der Waals surface area (Å²) in [6.07, 6.45) is 6.48. The van der Waals surface area contributed by atoms with Crippen molar-refractivity contribution in [3.05, 3.63) is 47.7 Å². The first-order chi connectivity index (χ1) is 8.25. The molecule has 0 saturated carbocycles. The third-order valence-corrected chi connectivity index (χ3v) is 3.22. The van der Waals surface area contributed by atoms with Gasteiger partial charge in [-0.25, -0.2) is 0 Å². The second-order valence-electron chi connectivity index (χ2n) is 4.75. The normalized spacial score (nSPS) is 20.9. The van der Waals surface area contributed by atoms with Gasteiger partial charge >= 0.3 is 0 Å². The van der Waals surface area contributed by atoms with E-state index in [1.165, 1.54) is 11.1 Å². The molecule has 2 atom stereocenters. The molecule has 0 saturated heterocycles. The molecule has 92 valence electrons. The van der Waals surface area contributed by atoms with Crippen molar-refractivity contribution in [2.24, 2.45) is 0 Å². The van der Waals surface area contributed by atoms with Gasteiger partial charge in [-0.2, -0.15) is 0 Å². The van der Waals surface area contributed by atoms with Crippen LogP contribution in [-0.4, -0.2) is 12.6 Å². The van der Waals surface area contributed by atoms with Crippen LogP contribution in [0.3, 0.4) is 0 Å². The Morgan fingerprint density at radius 3 is 3.06 bits per heavy atom. The number of aryl methyl sites for hydroxylation is 1. The van der Waals surface area contributed by atoms with Crippen LogP contribution in [0.4, 0.5) is 0 Å². The topological polar surface area (TPSA) is 21.3 Å². The second-order valence-corrected chi connectivity index (χ2v) is 4.75. The van der Waals surface area contributed by atoms with Gasteiger partial charge in [-0.1, -0.05) is 29.8 Å². The molecule has 0 aromatic heterocycles. The summed E-state index contributed by atoms with van der Waals surface area (Å²) < 4.78 is 5.54. The summed E-state index contributed by atoms with van der Waals surface area (Å²) in [5.41, 5.74) is 2.66. The zero-order chi connectivity index (χ0) is 12.1. The van der Waals surface area contributed by atoms with Gasteiger partial charge in [0.25, 0.3) is 0 Å². The molecule has 1 unspecified atom stereocenters. The van der Waals surface area contributed by atoms with E-state index >= 15 is 0 Å². The molecule has 0 amide bonds. The number of ether oxygens (including phenoxy) is 1. The Labute approximate surface area is 104 Å². The maximum absolute atomic E-state index is 5.54. The van der Waals surface area contributed by atoms with Gasteiger partial charge in [-0.3, -0.25) is 0 Å². The van der Waals surface area contributed by atoms with E-state index in [0.29, 0.717) is 12.1 Å². The van der Waals surface area contributed by atoms with Crippen LogP contribution in [-0.2, 0) is 4.74 Å². The molecule has 1 aliphatic rings. The summed E-state index contributed by atoms with van der Waals surface area (Å²) in [4.78, 5) is 0. The SMILES string of the molecule is Cc1cccc([C@H](C)NCC2CCC=CO2)c1. The van der Waals surface area contributed by atoms with Crippen molar-refractivity contribution >= 4 is 0 Å². The number of hydrogen-bond donors (Lipinski definition) is 1. The molecular weight excluding hydrogens is 210 g/mol. The monoisotopic (exact) mass is 231 g/mol. The predicted molar refractivity (Wildman–Crippen MR) is 70.8 cm³/mol. The predicted octanol–water partition coefficient (Wildman–Crippen LogP) is 3.34. The number of allylic oxidation sites excluding steroid dienone is 1. The molecule has 2 nitrogen and oxygen atoms in total. The second kappa shape index (κ2) is 5.87. The first-order valence-electron chi connectivity index (χ1n) is 6.36. The smallest absolute Gasteiger partial charge is 0.110 e. The lowest BCUT2D eigenvalue weighted by Crippen LogP contribution is -2.31. The molecule has 1 N–H and O–H groups in total. The van der Waals surface area contributed by atoms with Gasteiger partial charge in [0, 0.05) is 12.6 Å². The molecule has 1 aromatic rings. The summed E-state index contributed by atoms with van der Waals surface area (Å²) in [7, 11) is 0. The highest BCUT2D eigenvalue weighted by Gasteiger charge is 2.12. The lowest BCUT2D eigenvalue weighted by atomic mass is 10.1. The largest absolute Gasteiger partial charge is 0.497 e. The molecule has 2 rings (SSSR count). The molecule has 0 aliphatic carbocycles. The molecule has 1 heterocycles. The van der Waals surface area contributed by atoms with Crippen molar-refractivity contribution in [2.75, 3.05) is 6.54 Å². The zero-order valence-corrected chi connectivity index (χ0v) is 10.6. The molecule has 0 radical (unpaired) electrons. The van der Waals surface area contributed by atoms with E-state index in [1.807, 2.05) is 6.26 Å². The van der Waals surface area contributed by atoms with Crippen LogP contribution < -0.4 is 5.32 Å². The molecule has 0 bridgehead atoms. The fourth-order valence-electron chi connectivity index (χ4n) is 2.10. The highest BCUT2D eigenvalue weighted by molar-refractivity contribution is 5.24. The molecule has 1 aromatic carbocycles. The van der Waals surface area contributed by atoms with E-state index in [2.05, 4.69) is 49.5 Å². The maximum Gasteiger partial charge on any atom is 0.110 e.